The fourth-order valence-electron chi connectivity index (χ4n) is 3.36. The maximum atomic E-state index is 12.5. The van der Waals surface area contributed by atoms with E-state index in [4.69, 9.17) is 4.74 Å². The number of nitro benzene ring substituents is 1. The Morgan fingerprint density at radius 3 is 2.54 bits per heavy atom. The van der Waals surface area contributed by atoms with E-state index in [1.165, 1.54) is 6.07 Å². The van der Waals surface area contributed by atoms with Crippen LogP contribution in [0.15, 0.2) is 46.9 Å². The molecule has 0 atom stereocenters. The molecule has 2 aromatic carbocycles. The van der Waals surface area contributed by atoms with Gasteiger partial charge in [0.05, 0.1) is 12.0 Å². The number of amides is 1. The number of halogens is 1. The van der Waals surface area contributed by atoms with Crippen LogP contribution in [0, 0.1) is 16.0 Å². The molecule has 1 aliphatic heterocycles. The zero-order valence-electron chi connectivity index (χ0n) is 15.6. The summed E-state index contributed by atoms with van der Waals surface area (Å²) in [5.74, 6) is 0.726. The van der Waals surface area contributed by atoms with Crippen molar-refractivity contribution in [2.24, 2.45) is 5.92 Å². The first-order valence-corrected chi connectivity index (χ1v) is 9.86. The van der Waals surface area contributed by atoms with Gasteiger partial charge >= 0.3 is 0 Å². The second-order valence-electron chi connectivity index (χ2n) is 6.72. The zero-order chi connectivity index (χ0) is 20.1. The summed E-state index contributed by atoms with van der Waals surface area (Å²) >= 11 is 3.38. The molecule has 7 nitrogen and oxygen atoms in total. The lowest BCUT2D eigenvalue weighted by Gasteiger charge is -2.32. The van der Waals surface area contributed by atoms with Crippen LogP contribution in [0.2, 0.25) is 0 Å². The van der Waals surface area contributed by atoms with Gasteiger partial charge in [-0.15, -0.1) is 0 Å². The number of anilines is 1. The first-order chi connectivity index (χ1) is 13.5. The van der Waals surface area contributed by atoms with E-state index in [-0.39, 0.29) is 22.4 Å². The van der Waals surface area contributed by atoms with Gasteiger partial charge in [0, 0.05) is 36.1 Å². The van der Waals surface area contributed by atoms with Gasteiger partial charge in [0.25, 0.3) is 5.69 Å². The van der Waals surface area contributed by atoms with E-state index in [2.05, 4.69) is 21.2 Å². The number of methoxy groups -OCH3 is 1. The Bertz CT molecular complexity index is 849. The smallest absolute Gasteiger partial charge is 0.292 e. The maximum Gasteiger partial charge on any atom is 0.292 e. The topological polar surface area (TPSA) is 84.7 Å². The quantitative estimate of drug-likeness (QED) is 0.535. The van der Waals surface area contributed by atoms with Gasteiger partial charge in [-0.3, -0.25) is 14.9 Å². The first kappa shape index (κ1) is 20.1. The average Bonchev–Trinajstić information content (AvgIpc) is 2.72. The molecule has 3 rings (SSSR count). The van der Waals surface area contributed by atoms with Crippen LogP contribution < -0.4 is 15.0 Å². The predicted molar refractivity (Wildman–Crippen MR) is 111 cm³/mol. The average molecular weight is 448 g/mol. The number of ether oxygens (including phenoxy) is 1. The Labute approximate surface area is 172 Å². The maximum absolute atomic E-state index is 12.5. The Balaban J connectivity index is 1.55. The molecule has 0 unspecified atom stereocenters. The van der Waals surface area contributed by atoms with Gasteiger partial charge in [-0.25, -0.2) is 0 Å². The fourth-order valence-corrected chi connectivity index (χ4v) is 3.71. The summed E-state index contributed by atoms with van der Waals surface area (Å²) in [6, 6.07) is 12.5. The van der Waals surface area contributed by atoms with Crippen molar-refractivity contribution in [3.63, 3.8) is 0 Å². The molecule has 1 heterocycles. The van der Waals surface area contributed by atoms with Gasteiger partial charge in [0.1, 0.15) is 11.4 Å². The summed E-state index contributed by atoms with van der Waals surface area (Å²) in [7, 11) is 1.62. The summed E-state index contributed by atoms with van der Waals surface area (Å²) in [6.07, 6.45) is 1.33. The van der Waals surface area contributed by atoms with Crippen molar-refractivity contribution in [1.29, 1.82) is 0 Å². The minimum atomic E-state index is -0.366. The highest BCUT2D eigenvalue weighted by atomic mass is 79.9. The van der Waals surface area contributed by atoms with Crippen LogP contribution in [0.1, 0.15) is 18.4 Å². The molecule has 28 heavy (non-hydrogen) atoms. The Hall–Kier alpha value is -2.61. The number of rotatable bonds is 6. The van der Waals surface area contributed by atoms with Crippen LogP contribution in [0.3, 0.4) is 0 Å². The molecule has 8 heteroatoms. The molecule has 1 fully saturated rings. The van der Waals surface area contributed by atoms with Crippen molar-refractivity contribution in [3.05, 3.63) is 62.6 Å². The summed E-state index contributed by atoms with van der Waals surface area (Å²) in [5, 5.41) is 14.3. The van der Waals surface area contributed by atoms with Crippen molar-refractivity contribution in [2.45, 2.75) is 19.4 Å². The van der Waals surface area contributed by atoms with Crippen LogP contribution in [0.5, 0.6) is 5.75 Å². The van der Waals surface area contributed by atoms with Crippen molar-refractivity contribution >= 4 is 33.2 Å². The third-order valence-electron chi connectivity index (χ3n) is 4.97. The fraction of sp³-hybridized carbons (Fsp3) is 0.350. The van der Waals surface area contributed by atoms with Gasteiger partial charge in [-0.05, 0) is 42.7 Å². The molecule has 0 radical (unpaired) electrons. The van der Waals surface area contributed by atoms with E-state index in [1.807, 2.05) is 29.2 Å². The standard InChI is InChI=1S/C20H22BrN3O4/c1-28-17-5-2-14(3-6-17)13-22-20(25)15-8-10-23(11-9-15)19-12-16(21)4-7-18(19)24(26)27/h2-7,12,15H,8-11,13H2,1H3,(H,22,25). The highest BCUT2D eigenvalue weighted by molar-refractivity contribution is 9.10. The number of hydrogen-bond acceptors (Lipinski definition) is 5. The van der Waals surface area contributed by atoms with Crippen molar-refractivity contribution in [3.8, 4) is 5.75 Å². The summed E-state index contributed by atoms with van der Waals surface area (Å²) in [4.78, 5) is 25.4. The number of hydrogen-bond donors (Lipinski definition) is 1. The molecule has 0 aromatic heterocycles. The largest absolute Gasteiger partial charge is 0.497 e. The third-order valence-corrected chi connectivity index (χ3v) is 5.46. The lowest BCUT2D eigenvalue weighted by molar-refractivity contribution is -0.384. The van der Waals surface area contributed by atoms with Gasteiger partial charge in [0.2, 0.25) is 5.91 Å². The molecule has 1 aliphatic rings. The van der Waals surface area contributed by atoms with Gasteiger partial charge in [-0.2, -0.15) is 0 Å². The highest BCUT2D eigenvalue weighted by Crippen LogP contribution is 2.33. The molecule has 1 N–H and O–H groups in total. The second-order valence-corrected chi connectivity index (χ2v) is 7.63. The minimum absolute atomic E-state index is 0.0270. The highest BCUT2D eigenvalue weighted by Gasteiger charge is 2.28. The van der Waals surface area contributed by atoms with E-state index in [0.29, 0.717) is 38.2 Å². The van der Waals surface area contributed by atoms with E-state index in [1.54, 1.807) is 19.2 Å². The monoisotopic (exact) mass is 447 g/mol. The molecule has 1 amide bonds. The van der Waals surface area contributed by atoms with Crippen LogP contribution in [0.4, 0.5) is 11.4 Å². The lowest BCUT2D eigenvalue weighted by atomic mass is 9.95. The molecule has 148 valence electrons. The Morgan fingerprint density at radius 1 is 1.25 bits per heavy atom. The number of carbonyl (C=O) groups is 1. The second kappa shape index (κ2) is 9.05. The molecule has 0 saturated carbocycles. The number of carbonyl (C=O) groups excluding carboxylic acids is 1. The molecule has 0 bridgehead atoms. The number of benzene rings is 2. The number of piperidine rings is 1. The molecule has 2 aromatic rings. The molecule has 0 spiro atoms. The Kier molecular flexibility index (Phi) is 6.51. The summed E-state index contributed by atoms with van der Waals surface area (Å²) < 4.78 is 5.93. The van der Waals surface area contributed by atoms with Crippen molar-refractivity contribution < 1.29 is 14.5 Å². The molecular weight excluding hydrogens is 426 g/mol. The van der Waals surface area contributed by atoms with Crippen LogP contribution >= 0.6 is 15.9 Å². The van der Waals surface area contributed by atoms with Gasteiger partial charge in [0.15, 0.2) is 0 Å². The predicted octanol–water partition coefficient (Wildman–Crippen LogP) is 3.90. The zero-order valence-corrected chi connectivity index (χ0v) is 17.1. The van der Waals surface area contributed by atoms with Gasteiger partial charge in [-0.1, -0.05) is 28.1 Å². The van der Waals surface area contributed by atoms with Crippen molar-refractivity contribution in [2.75, 3.05) is 25.1 Å². The van der Waals surface area contributed by atoms with E-state index >= 15 is 0 Å². The third kappa shape index (κ3) is 4.81. The van der Waals surface area contributed by atoms with E-state index < -0.39 is 0 Å². The summed E-state index contributed by atoms with van der Waals surface area (Å²) in [5.41, 5.74) is 1.69. The van der Waals surface area contributed by atoms with E-state index in [9.17, 15) is 14.9 Å². The molecule has 0 aliphatic carbocycles. The lowest BCUT2D eigenvalue weighted by Crippen LogP contribution is -2.40. The SMILES string of the molecule is COc1ccc(CNC(=O)C2CCN(c3cc(Br)ccc3[N+](=O)[O-])CC2)cc1. The van der Waals surface area contributed by atoms with Gasteiger partial charge < -0.3 is 15.0 Å². The summed E-state index contributed by atoms with van der Waals surface area (Å²) in [6.45, 7) is 1.69. The Morgan fingerprint density at radius 2 is 1.93 bits per heavy atom. The normalized spacial score (nSPS) is 14.6. The first-order valence-electron chi connectivity index (χ1n) is 9.07. The minimum Gasteiger partial charge on any atom is -0.497 e. The van der Waals surface area contributed by atoms with Crippen molar-refractivity contribution in [1.82, 2.24) is 5.32 Å². The van der Waals surface area contributed by atoms with E-state index in [0.717, 1.165) is 15.8 Å². The van der Waals surface area contributed by atoms with Crippen LogP contribution in [-0.4, -0.2) is 31.0 Å². The number of nitrogens with one attached hydrogen (secondary N) is 1. The molecular formula is C20H22BrN3O4. The number of nitro groups is 1. The van der Waals surface area contributed by atoms with Crippen LogP contribution in [0.25, 0.3) is 0 Å². The number of nitrogens with zero attached hydrogens (tertiary/aromatic N) is 2. The molecule has 1 saturated heterocycles. The van der Waals surface area contributed by atoms with Crippen LogP contribution in [-0.2, 0) is 11.3 Å².